The number of likely N-dealkylation sites (N-methyl/N-ethyl adjacent to an activating group) is 1. The van der Waals surface area contributed by atoms with Gasteiger partial charge in [-0.15, -0.1) is 0 Å². The third kappa shape index (κ3) is 3.63. The van der Waals surface area contributed by atoms with Crippen molar-refractivity contribution >= 4 is 17.8 Å². The van der Waals surface area contributed by atoms with Crippen LogP contribution in [0.3, 0.4) is 0 Å². The third-order valence-electron chi connectivity index (χ3n) is 5.16. The maximum atomic E-state index is 13.4. The summed E-state index contributed by atoms with van der Waals surface area (Å²) in [7, 11) is 0. The maximum absolute atomic E-state index is 13.4. The second-order valence-corrected chi connectivity index (χ2v) is 6.82. The molecule has 1 aliphatic rings. The Labute approximate surface area is 165 Å². The van der Waals surface area contributed by atoms with Gasteiger partial charge < -0.3 is 10.2 Å². The van der Waals surface area contributed by atoms with E-state index in [1.165, 1.54) is 0 Å². The van der Waals surface area contributed by atoms with E-state index in [0.717, 1.165) is 10.5 Å². The van der Waals surface area contributed by atoms with Gasteiger partial charge in [0.2, 0.25) is 5.91 Å². The Hall–Kier alpha value is -3.15. The lowest BCUT2D eigenvalue weighted by Gasteiger charge is -2.28. The zero-order valence-electron chi connectivity index (χ0n) is 16.2. The van der Waals surface area contributed by atoms with E-state index < -0.39 is 17.5 Å². The monoisotopic (exact) mass is 379 g/mol. The van der Waals surface area contributed by atoms with Crippen LogP contribution in [-0.2, 0) is 21.5 Å². The van der Waals surface area contributed by atoms with Crippen LogP contribution in [-0.4, -0.2) is 47.3 Å². The van der Waals surface area contributed by atoms with Gasteiger partial charge in [-0.3, -0.25) is 14.5 Å². The lowest BCUT2D eigenvalue weighted by Crippen LogP contribution is -2.47. The van der Waals surface area contributed by atoms with Crippen LogP contribution < -0.4 is 5.32 Å². The first-order valence-electron chi connectivity index (χ1n) is 9.53. The minimum atomic E-state index is -1.22. The molecular formula is C22H25N3O3. The van der Waals surface area contributed by atoms with Gasteiger partial charge in [0.15, 0.2) is 5.54 Å². The van der Waals surface area contributed by atoms with Gasteiger partial charge in [-0.1, -0.05) is 60.7 Å². The fourth-order valence-corrected chi connectivity index (χ4v) is 3.62. The van der Waals surface area contributed by atoms with Gasteiger partial charge in [0, 0.05) is 19.5 Å². The Bertz CT molecular complexity index is 850. The number of rotatable bonds is 7. The van der Waals surface area contributed by atoms with Crippen LogP contribution in [0.4, 0.5) is 4.79 Å². The van der Waals surface area contributed by atoms with Gasteiger partial charge in [0.1, 0.15) is 6.54 Å². The molecule has 6 heteroatoms. The number of carbonyl (C=O) groups is 3. The van der Waals surface area contributed by atoms with Crippen LogP contribution in [0.2, 0.25) is 0 Å². The SMILES string of the molecule is CCN(CC)C(=O)CN1C(=O)N[C@@](Cc2ccccc2)(c2ccccc2)C1=O. The Morgan fingerprint density at radius 2 is 1.54 bits per heavy atom. The third-order valence-corrected chi connectivity index (χ3v) is 5.16. The predicted molar refractivity (Wildman–Crippen MR) is 106 cm³/mol. The summed E-state index contributed by atoms with van der Waals surface area (Å²) < 4.78 is 0. The molecule has 1 fully saturated rings. The summed E-state index contributed by atoms with van der Waals surface area (Å²) >= 11 is 0. The molecule has 0 radical (unpaired) electrons. The van der Waals surface area contributed by atoms with E-state index in [1.54, 1.807) is 4.90 Å². The average Bonchev–Trinajstić information content (AvgIpc) is 2.95. The van der Waals surface area contributed by atoms with E-state index in [2.05, 4.69) is 5.32 Å². The fourth-order valence-electron chi connectivity index (χ4n) is 3.62. The fraction of sp³-hybridized carbons (Fsp3) is 0.318. The molecule has 6 nitrogen and oxygen atoms in total. The largest absolute Gasteiger partial charge is 0.342 e. The molecule has 146 valence electrons. The zero-order valence-corrected chi connectivity index (χ0v) is 16.2. The van der Waals surface area contributed by atoms with E-state index in [9.17, 15) is 14.4 Å². The molecule has 1 saturated heterocycles. The van der Waals surface area contributed by atoms with Crippen LogP contribution >= 0.6 is 0 Å². The Morgan fingerprint density at radius 3 is 2.11 bits per heavy atom. The number of imide groups is 1. The van der Waals surface area contributed by atoms with Gasteiger partial charge in [-0.2, -0.15) is 0 Å². The standard InChI is InChI=1S/C22H25N3O3/c1-3-24(4-2)19(26)16-25-20(27)22(23-21(25)28,18-13-9-6-10-14-18)15-17-11-7-5-8-12-17/h5-14H,3-4,15-16H2,1-2H3,(H,23,28)/t22-/m0/s1. The maximum Gasteiger partial charge on any atom is 0.325 e. The average molecular weight is 379 g/mol. The lowest BCUT2D eigenvalue weighted by molar-refractivity contribution is -0.139. The molecule has 2 aromatic rings. The molecule has 1 heterocycles. The van der Waals surface area contributed by atoms with E-state index in [-0.39, 0.29) is 12.5 Å². The summed E-state index contributed by atoms with van der Waals surface area (Å²) in [6, 6.07) is 18.2. The van der Waals surface area contributed by atoms with Crippen molar-refractivity contribution in [2.75, 3.05) is 19.6 Å². The number of hydrogen-bond donors (Lipinski definition) is 1. The normalized spacial score (nSPS) is 18.9. The highest BCUT2D eigenvalue weighted by Gasteiger charge is 2.52. The molecule has 1 N–H and O–H groups in total. The molecule has 4 amide bonds. The Kier molecular flexibility index (Phi) is 5.78. The van der Waals surface area contributed by atoms with Crippen molar-refractivity contribution in [2.24, 2.45) is 0 Å². The molecule has 0 aliphatic carbocycles. The number of hydrogen-bond acceptors (Lipinski definition) is 3. The summed E-state index contributed by atoms with van der Waals surface area (Å²) in [6.07, 6.45) is 0.318. The van der Waals surface area contributed by atoms with E-state index in [1.807, 2.05) is 74.5 Å². The van der Waals surface area contributed by atoms with Crippen molar-refractivity contribution in [1.29, 1.82) is 0 Å². The zero-order chi connectivity index (χ0) is 20.1. The second-order valence-electron chi connectivity index (χ2n) is 6.82. The second kappa shape index (κ2) is 8.25. The smallest absolute Gasteiger partial charge is 0.325 e. The molecule has 0 saturated carbocycles. The first-order valence-corrected chi connectivity index (χ1v) is 9.53. The lowest BCUT2D eigenvalue weighted by atomic mass is 9.83. The summed E-state index contributed by atoms with van der Waals surface area (Å²) in [5.74, 6) is -0.634. The van der Waals surface area contributed by atoms with Crippen LogP contribution in [0.15, 0.2) is 60.7 Å². The van der Waals surface area contributed by atoms with Gasteiger partial charge in [-0.25, -0.2) is 4.79 Å². The first kappa shape index (κ1) is 19.6. The van der Waals surface area contributed by atoms with Crippen LogP contribution in [0.5, 0.6) is 0 Å². The molecule has 1 aliphatic heterocycles. The molecule has 0 unspecified atom stereocenters. The van der Waals surface area contributed by atoms with E-state index in [0.29, 0.717) is 25.1 Å². The number of benzene rings is 2. The summed E-state index contributed by atoms with van der Waals surface area (Å²) in [6.45, 7) is 4.56. The first-order chi connectivity index (χ1) is 13.5. The van der Waals surface area contributed by atoms with E-state index >= 15 is 0 Å². The quantitative estimate of drug-likeness (QED) is 0.752. The van der Waals surface area contributed by atoms with Crippen molar-refractivity contribution in [3.63, 3.8) is 0 Å². The van der Waals surface area contributed by atoms with Crippen molar-refractivity contribution < 1.29 is 14.4 Å². The van der Waals surface area contributed by atoms with Crippen molar-refractivity contribution in [3.8, 4) is 0 Å². The number of carbonyl (C=O) groups excluding carboxylic acids is 3. The summed E-state index contributed by atoms with van der Waals surface area (Å²) in [4.78, 5) is 41.3. The molecule has 2 aromatic carbocycles. The molecule has 1 atom stereocenters. The van der Waals surface area contributed by atoms with Crippen LogP contribution in [0, 0.1) is 0 Å². The topological polar surface area (TPSA) is 69.7 Å². The minimum absolute atomic E-state index is 0.239. The number of nitrogens with one attached hydrogen (secondary N) is 1. The summed E-state index contributed by atoms with van der Waals surface area (Å²) in [5, 5.41) is 2.88. The van der Waals surface area contributed by atoms with Gasteiger partial charge in [-0.05, 0) is 25.0 Å². The summed E-state index contributed by atoms with van der Waals surface area (Å²) in [5.41, 5.74) is 0.412. The van der Waals surface area contributed by atoms with Gasteiger partial charge in [0.25, 0.3) is 5.91 Å². The van der Waals surface area contributed by atoms with Crippen molar-refractivity contribution in [3.05, 3.63) is 71.8 Å². The predicted octanol–water partition coefficient (Wildman–Crippen LogP) is 2.54. The molecule has 0 aromatic heterocycles. The molecular weight excluding hydrogens is 354 g/mol. The number of amides is 4. The van der Waals surface area contributed by atoms with Crippen LogP contribution in [0.25, 0.3) is 0 Å². The number of urea groups is 1. The highest BCUT2D eigenvalue weighted by Crippen LogP contribution is 2.33. The molecule has 28 heavy (non-hydrogen) atoms. The number of nitrogens with zero attached hydrogens (tertiary/aromatic N) is 2. The van der Waals surface area contributed by atoms with Gasteiger partial charge in [0.05, 0.1) is 0 Å². The molecule has 0 spiro atoms. The highest BCUT2D eigenvalue weighted by molar-refractivity contribution is 6.09. The van der Waals surface area contributed by atoms with Crippen LogP contribution in [0.1, 0.15) is 25.0 Å². The van der Waals surface area contributed by atoms with Gasteiger partial charge >= 0.3 is 6.03 Å². The van der Waals surface area contributed by atoms with E-state index in [4.69, 9.17) is 0 Å². The van der Waals surface area contributed by atoms with Crippen molar-refractivity contribution in [2.45, 2.75) is 25.8 Å². The Morgan fingerprint density at radius 1 is 0.964 bits per heavy atom. The molecule has 3 rings (SSSR count). The highest BCUT2D eigenvalue weighted by atomic mass is 16.2. The Balaban J connectivity index is 1.96. The van der Waals surface area contributed by atoms with Crippen molar-refractivity contribution in [1.82, 2.24) is 15.1 Å². The minimum Gasteiger partial charge on any atom is -0.342 e. The molecule has 0 bridgehead atoms.